The molecule has 0 aliphatic heterocycles. The number of aromatic carboxylic acids is 1. The second-order valence-electron chi connectivity index (χ2n) is 4.27. The van der Waals surface area contributed by atoms with E-state index in [1.807, 2.05) is 18.2 Å². The first kappa shape index (κ1) is 13.4. The Morgan fingerprint density at radius 2 is 1.95 bits per heavy atom. The SMILES string of the molecule is N#Cc1ccc(CNc2cc(N)ccc2C(=O)O)cc1. The zero-order valence-electron chi connectivity index (χ0n) is 10.6. The van der Waals surface area contributed by atoms with Gasteiger partial charge in [-0.3, -0.25) is 0 Å². The summed E-state index contributed by atoms with van der Waals surface area (Å²) < 4.78 is 0. The minimum Gasteiger partial charge on any atom is -0.478 e. The molecule has 20 heavy (non-hydrogen) atoms. The van der Waals surface area contributed by atoms with Crippen molar-refractivity contribution in [3.8, 4) is 6.07 Å². The van der Waals surface area contributed by atoms with Crippen molar-refractivity contribution in [3.05, 3.63) is 59.2 Å². The zero-order valence-corrected chi connectivity index (χ0v) is 10.6. The lowest BCUT2D eigenvalue weighted by atomic mass is 10.1. The van der Waals surface area contributed by atoms with E-state index in [2.05, 4.69) is 5.32 Å². The van der Waals surface area contributed by atoms with Gasteiger partial charge >= 0.3 is 5.97 Å². The van der Waals surface area contributed by atoms with Gasteiger partial charge in [0.15, 0.2) is 0 Å². The number of hydrogen-bond donors (Lipinski definition) is 3. The number of benzene rings is 2. The summed E-state index contributed by atoms with van der Waals surface area (Å²) >= 11 is 0. The van der Waals surface area contributed by atoms with Gasteiger partial charge in [0.2, 0.25) is 0 Å². The molecule has 0 fully saturated rings. The second kappa shape index (κ2) is 5.76. The van der Waals surface area contributed by atoms with Crippen LogP contribution in [0.2, 0.25) is 0 Å². The Labute approximate surface area is 116 Å². The Hall–Kier alpha value is -3.00. The number of nitrogens with zero attached hydrogens (tertiary/aromatic N) is 1. The summed E-state index contributed by atoms with van der Waals surface area (Å²) in [5.74, 6) is -1.01. The van der Waals surface area contributed by atoms with E-state index in [1.54, 1.807) is 24.3 Å². The molecular weight excluding hydrogens is 254 g/mol. The van der Waals surface area contributed by atoms with Crippen LogP contribution < -0.4 is 11.1 Å². The summed E-state index contributed by atoms with van der Waals surface area (Å²) in [6, 6.07) is 13.7. The Morgan fingerprint density at radius 1 is 1.25 bits per heavy atom. The van der Waals surface area contributed by atoms with Crippen molar-refractivity contribution in [1.82, 2.24) is 0 Å². The van der Waals surface area contributed by atoms with Gasteiger partial charge in [0.05, 0.1) is 22.9 Å². The molecule has 0 bridgehead atoms. The molecule has 0 unspecified atom stereocenters. The molecule has 5 heteroatoms. The number of nitrogen functional groups attached to an aromatic ring is 1. The number of carbonyl (C=O) groups is 1. The van der Waals surface area contributed by atoms with Crippen LogP contribution in [-0.2, 0) is 6.54 Å². The number of carboxylic acids is 1. The van der Waals surface area contributed by atoms with Crippen molar-refractivity contribution in [3.63, 3.8) is 0 Å². The Kier molecular flexibility index (Phi) is 3.87. The molecule has 0 atom stereocenters. The van der Waals surface area contributed by atoms with Crippen molar-refractivity contribution < 1.29 is 9.90 Å². The van der Waals surface area contributed by atoms with Crippen LogP contribution in [0.15, 0.2) is 42.5 Å². The van der Waals surface area contributed by atoms with Crippen LogP contribution >= 0.6 is 0 Å². The fraction of sp³-hybridized carbons (Fsp3) is 0.0667. The molecule has 2 aromatic carbocycles. The van der Waals surface area contributed by atoms with Crippen molar-refractivity contribution in [2.75, 3.05) is 11.1 Å². The van der Waals surface area contributed by atoms with Crippen molar-refractivity contribution >= 4 is 17.3 Å². The van der Waals surface area contributed by atoms with Crippen LogP contribution in [0.25, 0.3) is 0 Å². The van der Waals surface area contributed by atoms with E-state index < -0.39 is 5.97 Å². The normalized spacial score (nSPS) is 9.75. The van der Waals surface area contributed by atoms with Gasteiger partial charge in [-0.25, -0.2) is 4.79 Å². The average Bonchev–Trinajstić information content (AvgIpc) is 2.45. The topological polar surface area (TPSA) is 99.1 Å². The van der Waals surface area contributed by atoms with Crippen LogP contribution in [0.4, 0.5) is 11.4 Å². The highest BCUT2D eigenvalue weighted by atomic mass is 16.4. The van der Waals surface area contributed by atoms with E-state index in [0.717, 1.165) is 5.56 Å². The second-order valence-corrected chi connectivity index (χ2v) is 4.27. The third-order valence-corrected chi connectivity index (χ3v) is 2.84. The van der Waals surface area contributed by atoms with Crippen molar-refractivity contribution in [1.29, 1.82) is 5.26 Å². The number of anilines is 2. The maximum atomic E-state index is 11.1. The average molecular weight is 267 g/mol. The minimum absolute atomic E-state index is 0.174. The van der Waals surface area contributed by atoms with Gasteiger partial charge in [-0.05, 0) is 35.9 Å². The standard InChI is InChI=1S/C15H13N3O2/c16-8-10-1-3-11(4-2-10)9-18-14-7-12(17)5-6-13(14)15(19)20/h1-7,18H,9,17H2,(H,19,20). The first-order valence-corrected chi connectivity index (χ1v) is 5.96. The molecule has 0 heterocycles. The highest BCUT2D eigenvalue weighted by Crippen LogP contribution is 2.20. The highest BCUT2D eigenvalue weighted by molar-refractivity contribution is 5.95. The fourth-order valence-corrected chi connectivity index (χ4v) is 1.79. The van der Waals surface area contributed by atoms with Crippen molar-refractivity contribution in [2.45, 2.75) is 6.54 Å². The van der Waals surface area contributed by atoms with E-state index in [1.165, 1.54) is 6.07 Å². The molecule has 2 rings (SSSR count). The predicted molar refractivity (Wildman–Crippen MR) is 76.3 cm³/mol. The number of rotatable bonds is 4. The highest BCUT2D eigenvalue weighted by Gasteiger charge is 2.09. The lowest BCUT2D eigenvalue weighted by molar-refractivity contribution is 0.0698. The molecule has 0 amide bonds. The van der Waals surface area contributed by atoms with E-state index in [0.29, 0.717) is 23.5 Å². The Morgan fingerprint density at radius 3 is 2.55 bits per heavy atom. The summed E-state index contributed by atoms with van der Waals surface area (Å²) in [5, 5.41) is 20.9. The fourth-order valence-electron chi connectivity index (χ4n) is 1.79. The summed E-state index contributed by atoms with van der Waals surface area (Å²) in [6.45, 7) is 0.454. The Balaban J connectivity index is 2.15. The maximum Gasteiger partial charge on any atom is 0.337 e. The lowest BCUT2D eigenvalue weighted by Gasteiger charge is -2.10. The molecule has 0 aliphatic rings. The molecule has 0 saturated carbocycles. The van der Waals surface area contributed by atoms with Crippen molar-refractivity contribution in [2.24, 2.45) is 0 Å². The monoisotopic (exact) mass is 267 g/mol. The summed E-state index contributed by atoms with van der Waals surface area (Å²) in [7, 11) is 0. The summed E-state index contributed by atoms with van der Waals surface area (Å²) in [6.07, 6.45) is 0. The zero-order chi connectivity index (χ0) is 14.5. The van der Waals surface area contributed by atoms with Crippen LogP contribution in [0.1, 0.15) is 21.5 Å². The number of hydrogen-bond acceptors (Lipinski definition) is 4. The van der Waals surface area contributed by atoms with E-state index in [4.69, 9.17) is 16.1 Å². The number of carboxylic acid groups (broad SMARTS) is 1. The molecule has 2 aromatic rings. The number of nitriles is 1. The number of nitrogens with two attached hydrogens (primary N) is 1. The summed E-state index contributed by atoms with van der Waals surface area (Å²) in [5.41, 5.74) is 8.34. The van der Waals surface area contributed by atoms with Gasteiger partial charge in [-0.1, -0.05) is 12.1 Å². The maximum absolute atomic E-state index is 11.1. The molecule has 100 valence electrons. The molecule has 0 aromatic heterocycles. The van der Waals surface area contributed by atoms with E-state index in [9.17, 15) is 4.79 Å². The van der Waals surface area contributed by atoms with Gasteiger partial charge in [-0.2, -0.15) is 5.26 Å². The predicted octanol–water partition coefficient (Wildman–Crippen LogP) is 2.45. The smallest absolute Gasteiger partial charge is 0.337 e. The van der Waals surface area contributed by atoms with Crippen LogP contribution in [0.3, 0.4) is 0 Å². The molecule has 0 radical (unpaired) electrons. The molecule has 0 aliphatic carbocycles. The largest absolute Gasteiger partial charge is 0.478 e. The molecule has 0 saturated heterocycles. The third-order valence-electron chi connectivity index (χ3n) is 2.84. The summed E-state index contributed by atoms with van der Waals surface area (Å²) in [4.78, 5) is 11.1. The number of nitrogens with one attached hydrogen (secondary N) is 1. The molecule has 5 nitrogen and oxygen atoms in total. The van der Waals surface area contributed by atoms with Gasteiger partial charge < -0.3 is 16.2 Å². The van der Waals surface area contributed by atoms with Gasteiger partial charge in [0.1, 0.15) is 0 Å². The van der Waals surface area contributed by atoms with E-state index >= 15 is 0 Å². The molecular formula is C15H13N3O2. The first-order valence-electron chi connectivity index (χ1n) is 5.96. The van der Waals surface area contributed by atoms with Crippen LogP contribution in [0, 0.1) is 11.3 Å². The van der Waals surface area contributed by atoms with Gasteiger partial charge in [-0.15, -0.1) is 0 Å². The van der Waals surface area contributed by atoms with Gasteiger partial charge in [0.25, 0.3) is 0 Å². The van der Waals surface area contributed by atoms with Gasteiger partial charge in [0, 0.05) is 12.2 Å². The van der Waals surface area contributed by atoms with E-state index in [-0.39, 0.29) is 5.56 Å². The third kappa shape index (κ3) is 3.06. The molecule has 4 N–H and O–H groups in total. The quantitative estimate of drug-likeness (QED) is 0.739. The minimum atomic E-state index is -1.01. The Bertz CT molecular complexity index is 673. The first-order chi connectivity index (χ1) is 9.60. The van der Waals surface area contributed by atoms with Crippen LogP contribution in [0.5, 0.6) is 0 Å². The molecule has 0 spiro atoms. The lowest BCUT2D eigenvalue weighted by Crippen LogP contribution is -2.07. The van der Waals surface area contributed by atoms with Crippen LogP contribution in [-0.4, -0.2) is 11.1 Å².